The van der Waals surface area contributed by atoms with E-state index in [0.29, 0.717) is 0 Å². The molecule has 60 valence electrons. The lowest BCUT2D eigenvalue weighted by molar-refractivity contribution is 0.985. The standard InChI is InChI=1S/C9H12ClN/c1-6(2)11-7(3)5-9(10)8(11)4/h5H,1H2,2-4H3. The lowest BCUT2D eigenvalue weighted by Crippen LogP contribution is -1.96. The number of rotatable bonds is 1. The lowest BCUT2D eigenvalue weighted by Gasteiger charge is -2.06. The first-order valence-corrected chi connectivity index (χ1v) is 3.92. The number of allylic oxidation sites excluding steroid dienone is 1. The van der Waals surface area contributed by atoms with Crippen molar-refractivity contribution >= 4 is 17.3 Å². The zero-order valence-corrected chi connectivity index (χ0v) is 7.87. The van der Waals surface area contributed by atoms with E-state index < -0.39 is 0 Å². The molecule has 0 atom stereocenters. The van der Waals surface area contributed by atoms with E-state index in [9.17, 15) is 0 Å². The zero-order chi connectivity index (χ0) is 8.59. The number of halogens is 1. The molecule has 0 fully saturated rings. The van der Waals surface area contributed by atoms with Gasteiger partial charge in [0.25, 0.3) is 0 Å². The summed E-state index contributed by atoms with van der Waals surface area (Å²) in [4.78, 5) is 0. The number of aryl methyl sites for hydroxylation is 1. The highest BCUT2D eigenvalue weighted by atomic mass is 35.5. The first kappa shape index (κ1) is 8.41. The highest BCUT2D eigenvalue weighted by molar-refractivity contribution is 6.31. The third kappa shape index (κ3) is 1.33. The van der Waals surface area contributed by atoms with Crippen LogP contribution >= 0.6 is 11.6 Å². The van der Waals surface area contributed by atoms with Crippen LogP contribution in [0.5, 0.6) is 0 Å². The number of nitrogens with zero attached hydrogens (tertiary/aromatic N) is 1. The third-order valence-electron chi connectivity index (χ3n) is 1.75. The van der Waals surface area contributed by atoms with E-state index in [1.165, 1.54) is 0 Å². The zero-order valence-electron chi connectivity index (χ0n) is 7.11. The predicted molar refractivity (Wildman–Crippen MR) is 49.9 cm³/mol. The van der Waals surface area contributed by atoms with Gasteiger partial charge in [0.15, 0.2) is 0 Å². The molecule has 11 heavy (non-hydrogen) atoms. The molecule has 0 aliphatic carbocycles. The van der Waals surface area contributed by atoms with E-state index in [2.05, 4.69) is 6.58 Å². The van der Waals surface area contributed by atoms with Crippen LogP contribution in [0.15, 0.2) is 12.6 Å². The average molecular weight is 170 g/mol. The van der Waals surface area contributed by atoms with Gasteiger partial charge in [-0.25, -0.2) is 0 Å². The van der Waals surface area contributed by atoms with Crippen LogP contribution in [0.3, 0.4) is 0 Å². The smallest absolute Gasteiger partial charge is 0.0618 e. The average Bonchev–Trinajstić information content (AvgIpc) is 2.07. The Bertz CT molecular complexity index is 297. The Hall–Kier alpha value is -0.690. The summed E-state index contributed by atoms with van der Waals surface area (Å²) in [6.45, 7) is 9.84. The summed E-state index contributed by atoms with van der Waals surface area (Å²) in [5, 5.41) is 0.811. The largest absolute Gasteiger partial charge is 0.322 e. The molecule has 0 radical (unpaired) electrons. The topological polar surface area (TPSA) is 4.93 Å². The Morgan fingerprint density at radius 3 is 2.27 bits per heavy atom. The maximum Gasteiger partial charge on any atom is 0.0618 e. The Labute approximate surface area is 72.3 Å². The molecular formula is C9H12ClN. The molecule has 0 spiro atoms. The van der Waals surface area contributed by atoms with Gasteiger partial charge in [-0.3, -0.25) is 0 Å². The van der Waals surface area contributed by atoms with Crippen molar-refractivity contribution in [3.05, 3.63) is 29.1 Å². The minimum absolute atomic E-state index is 0.811. The molecule has 0 unspecified atom stereocenters. The van der Waals surface area contributed by atoms with Crippen molar-refractivity contribution in [3.63, 3.8) is 0 Å². The van der Waals surface area contributed by atoms with Crippen molar-refractivity contribution in [1.29, 1.82) is 0 Å². The van der Waals surface area contributed by atoms with Crippen molar-refractivity contribution in [1.82, 2.24) is 4.57 Å². The molecule has 1 rings (SSSR count). The Morgan fingerprint density at radius 2 is 2.09 bits per heavy atom. The van der Waals surface area contributed by atoms with Gasteiger partial charge in [0.2, 0.25) is 0 Å². The van der Waals surface area contributed by atoms with Gasteiger partial charge in [0.05, 0.1) is 5.02 Å². The molecule has 0 saturated carbocycles. The van der Waals surface area contributed by atoms with Crippen molar-refractivity contribution in [2.45, 2.75) is 20.8 Å². The summed E-state index contributed by atoms with van der Waals surface area (Å²) in [5.74, 6) is 0. The van der Waals surface area contributed by atoms with E-state index in [1.54, 1.807) is 0 Å². The molecule has 1 heterocycles. The van der Waals surface area contributed by atoms with E-state index in [-0.39, 0.29) is 0 Å². The van der Waals surface area contributed by atoms with Gasteiger partial charge in [0.1, 0.15) is 0 Å². The number of hydrogen-bond acceptors (Lipinski definition) is 0. The second-order valence-corrected chi connectivity index (χ2v) is 3.20. The summed E-state index contributed by atoms with van der Waals surface area (Å²) in [6.07, 6.45) is 0. The second kappa shape index (κ2) is 2.74. The maximum absolute atomic E-state index is 5.92. The third-order valence-corrected chi connectivity index (χ3v) is 2.13. The fraction of sp³-hybridized carbons (Fsp3) is 0.333. The van der Waals surface area contributed by atoms with Crippen LogP contribution in [0.25, 0.3) is 5.70 Å². The summed E-state index contributed by atoms with van der Waals surface area (Å²) in [6, 6.07) is 1.95. The van der Waals surface area contributed by atoms with Gasteiger partial charge in [-0.15, -0.1) is 0 Å². The first-order valence-electron chi connectivity index (χ1n) is 3.54. The van der Waals surface area contributed by atoms with E-state index in [0.717, 1.165) is 22.1 Å². The molecule has 0 aliphatic heterocycles. The molecule has 1 aromatic heterocycles. The molecule has 1 nitrogen and oxygen atoms in total. The lowest BCUT2D eigenvalue weighted by atomic mass is 10.4. The monoisotopic (exact) mass is 169 g/mol. The van der Waals surface area contributed by atoms with Gasteiger partial charge in [-0.05, 0) is 26.8 Å². The van der Waals surface area contributed by atoms with Gasteiger partial charge < -0.3 is 4.57 Å². The number of hydrogen-bond donors (Lipinski definition) is 0. The summed E-state index contributed by atoms with van der Waals surface area (Å²) in [5.41, 5.74) is 3.21. The molecule has 0 bridgehead atoms. The first-order chi connectivity index (χ1) is 5.04. The number of aromatic nitrogens is 1. The van der Waals surface area contributed by atoms with Crippen LogP contribution in [-0.2, 0) is 0 Å². The van der Waals surface area contributed by atoms with E-state index in [1.807, 2.05) is 31.4 Å². The van der Waals surface area contributed by atoms with Crippen molar-refractivity contribution in [2.24, 2.45) is 0 Å². The predicted octanol–water partition coefficient (Wildman–Crippen LogP) is 3.25. The van der Waals surface area contributed by atoms with Crippen LogP contribution in [-0.4, -0.2) is 4.57 Å². The van der Waals surface area contributed by atoms with Crippen LogP contribution < -0.4 is 0 Å². The minimum atomic E-state index is 0.811. The van der Waals surface area contributed by atoms with Gasteiger partial charge in [0, 0.05) is 17.1 Å². The Kier molecular flexibility index (Phi) is 2.10. The summed E-state index contributed by atoms with van der Waals surface area (Å²) < 4.78 is 2.04. The van der Waals surface area contributed by atoms with Gasteiger partial charge >= 0.3 is 0 Å². The van der Waals surface area contributed by atoms with Crippen LogP contribution in [0.4, 0.5) is 0 Å². The second-order valence-electron chi connectivity index (χ2n) is 2.79. The molecular weight excluding hydrogens is 158 g/mol. The SMILES string of the molecule is C=C(C)n1c(C)cc(Cl)c1C. The highest BCUT2D eigenvalue weighted by Gasteiger charge is 2.05. The van der Waals surface area contributed by atoms with Crippen LogP contribution in [0.2, 0.25) is 5.02 Å². The summed E-state index contributed by atoms with van der Waals surface area (Å²) >= 11 is 5.92. The fourth-order valence-corrected chi connectivity index (χ4v) is 1.55. The van der Waals surface area contributed by atoms with E-state index >= 15 is 0 Å². The fourth-order valence-electron chi connectivity index (χ4n) is 1.31. The molecule has 2 heteroatoms. The van der Waals surface area contributed by atoms with Crippen molar-refractivity contribution < 1.29 is 0 Å². The normalized spacial score (nSPS) is 10.2. The van der Waals surface area contributed by atoms with Gasteiger partial charge in [-0.1, -0.05) is 18.2 Å². The molecule has 0 aliphatic rings. The Morgan fingerprint density at radius 1 is 1.55 bits per heavy atom. The molecule has 0 saturated heterocycles. The molecule has 0 amide bonds. The molecule has 0 aromatic carbocycles. The minimum Gasteiger partial charge on any atom is -0.322 e. The summed E-state index contributed by atoms with van der Waals surface area (Å²) in [7, 11) is 0. The van der Waals surface area contributed by atoms with Gasteiger partial charge in [-0.2, -0.15) is 0 Å². The van der Waals surface area contributed by atoms with Crippen molar-refractivity contribution in [3.8, 4) is 0 Å². The molecule has 0 N–H and O–H groups in total. The highest BCUT2D eigenvalue weighted by Crippen LogP contribution is 2.22. The Balaban J connectivity index is 3.34. The maximum atomic E-state index is 5.92. The van der Waals surface area contributed by atoms with Crippen LogP contribution in [0.1, 0.15) is 18.3 Å². The molecule has 1 aromatic rings. The van der Waals surface area contributed by atoms with Crippen molar-refractivity contribution in [2.75, 3.05) is 0 Å². The quantitative estimate of drug-likeness (QED) is 0.608. The van der Waals surface area contributed by atoms with E-state index in [4.69, 9.17) is 11.6 Å². The van der Waals surface area contributed by atoms with Crippen LogP contribution in [0, 0.1) is 13.8 Å².